The second-order valence-corrected chi connectivity index (χ2v) is 6.37. The number of carbonyl (C=O) groups is 1. The third kappa shape index (κ3) is 3.96. The number of amides is 2. The number of nitrogens with one attached hydrogen (secondary N) is 2. The van der Waals surface area contributed by atoms with Gasteiger partial charge in [-0.25, -0.2) is 9.78 Å². The number of thiazole rings is 1. The number of hydrogen-bond acceptors (Lipinski definition) is 4. The van der Waals surface area contributed by atoms with Gasteiger partial charge in [-0.2, -0.15) is 0 Å². The zero-order valence-electron chi connectivity index (χ0n) is 11.7. The van der Waals surface area contributed by atoms with Gasteiger partial charge in [0.05, 0.1) is 5.69 Å². The summed E-state index contributed by atoms with van der Waals surface area (Å²) in [5.74, 6) is 0. The number of aromatic nitrogens is 1. The number of nitrogen functional groups attached to an aromatic ring is 1. The maximum Gasteiger partial charge on any atom is 0.319 e. The monoisotopic (exact) mass is 290 g/mol. The molecule has 20 heavy (non-hydrogen) atoms. The van der Waals surface area contributed by atoms with Crippen LogP contribution in [0.3, 0.4) is 0 Å². The van der Waals surface area contributed by atoms with E-state index < -0.39 is 0 Å². The number of anilines is 2. The molecular weight excluding hydrogens is 272 g/mol. The van der Waals surface area contributed by atoms with Crippen molar-refractivity contribution in [2.24, 2.45) is 0 Å². The summed E-state index contributed by atoms with van der Waals surface area (Å²) in [7, 11) is 0. The predicted octanol–water partition coefficient (Wildman–Crippen LogP) is 3.31. The Bertz CT molecular complexity index is 598. The highest BCUT2D eigenvalue weighted by Crippen LogP contribution is 2.24. The molecule has 0 atom stereocenters. The molecule has 0 aliphatic carbocycles. The Kier molecular flexibility index (Phi) is 3.94. The van der Waals surface area contributed by atoms with Crippen molar-refractivity contribution < 1.29 is 4.79 Å². The molecule has 1 aromatic heterocycles. The van der Waals surface area contributed by atoms with Gasteiger partial charge in [-0.1, -0.05) is 12.1 Å². The fraction of sp³-hybridized carbons (Fsp3) is 0.286. The van der Waals surface area contributed by atoms with Crippen LogP contribution in [0.5, 0.6) is 0 Å². The highest BCUT2D eigenvalue weighted by atomic mass is 32.1. The van der Waals surface area contributed by atoms with E-state index in [1.165, 1.54) is 11.3 Å². The standard InChI is InChI=1S/C14H18N4OS/c1-14(2,3)18-13(19)16-10-6-4-9(5-7-10)11-8-20-12(15)17-11/h4-8H,1-3H3,(H2,15,17)(H2,16,18,19). The topological polar surface area (TPSA) is 80.0 Å². The molecular formula is C14H18N4OS. The third-order valence-corrected chi connectivity index (χ3v) is 3.12. The molecule has 2 aromatic rings. The van der Waals surface area contributed by atoms with E-state index in [1.54, 1.807) is 0 Å². The molecule has 0 unspecified atom stereocenters. The first-order chi connectivity index (χ1) is 9.33. The Balaban J connectivity index is 2.03. The van der Waals surface area contributed by atoms with Gasteiger partial charge in [-0.15, -0.1) is 11.3 Å². The zero-order chi connectivity index (χ0) is 14.8. The lowest BCUT2D eigenvalue weighted by molar-refractivity contribution is 0.244. The molecule has 0 fully saturated rings. The summed E-state index contributed by atoms with van der Waals surface area (Å²) < 4.78 is 0. The summed E-state index contributed by atoms with van der Waals surface area (Å²) in [6, 6.07) is 7.27. The summed E-state index contributed by atoms with van der Waals surface area (Å²) in [6.07, 6.45) is 0. The van der Waals surface area contributed by atoms with E-state index in [2.05, 4.69) is 15.6 Å². The number of hydrogen-bond donors (Lipinski definition) is 3. The number of nitrogens with zero attached hydrogens (tertiary/aromatic N) is 1. The summed E-state index contributed by atoms with van der Waals surface area (Å²) in [5.41, 5.74) is 7.90. The van der Waals surface area contributed by atoms with E-state index in [0.29, 0.717) is 5.13 Å². The molecule has 0 aliphatic heterocycles. The minimum absolute atomic E-state index is 0.219. The lowest BCUT2D eigenvalue weighted by atomic mass is 10.1. The molecule has 0 saturated heterocycles. The van der Waals surface area contributed by atoms with Crippen LogP contribution in [0.2, 0.25) is 0 Å². The van der Waals surface area contributed by atoms with Crippen molar-refractivity contribution in [2.75, 3.05) is 11.1 Å². The molecule has 2 amide bonds. The predicted molar refractivity (Wildman–Crippen MR) is 83.9 cm³/mol. The van der Waals surface area contributed by atoms with Crippen molar-refractivity contribution in [1.82, 2.24) is 10.3 Å². The highest BCUT2D eigenvalue weighted by Gasteiger charge is 2.13. The van der Waals surface area contributed by atoms with Gasteiger partial charge in [0.25, 0.3) is 0 Å². The number of benzene rings is 1. The van der Waals surface area contributed by atoms with Gasteiger partial charge in [0.1, 0.15) is 0 Å². The molecule has 5 nitrogen and oxygen atoms in total. The first kappa shape index (κ1) is 14.3. The van der Waals surface area contributed by atoms with Gasteiger partial charge < -0.3 is 16.4 Å². The number of urea groups is 1. The Morgan fingerprint density at radius 2 is 1.90 bits per heavy atom. The van der Waals surface area contributed by atoms with Gasteiger partial charge in [0, 0.05) is 22.2 Å². The van der Waals surface area contributed by atoms with E-state index in [1.807, 2.05) is 50.4 Å². The van der Waals surface area contributed by atoms with E-state index in [9.17, 15) is 4.79 Å². The number of carbonyl (C=O) groups excluding carboxylic acids is 1. The number of rotatable bonds is 2. The van der Waals surface area contributed by atoms with Gasteiger partial charge in [-0.3, -0.25) is 0 Å². The van der Waals surface area contributed by atoms with E-state index >= 15 is 0 Å². The first-order valence-corrected chi connectivity index (χ1v) is 7.12. The zero-order valence-corrected chi connectivity index (χ0v) is 12.5. The minimum atomic E-state index is -0.262. The first-order valence-electron chi connectivity index (χ1n) is 6.24. The molecule has 106 valence electrons. The summed E-state index contributed by atoms with van der Waals surface area (Å²) in [4.78, 5) is 16.0. The van der Waals surface area contributed by atoms with Crippen LogP contribution in [0.1, 0.15) is 20.8 Å². The van der Waals surface area contributed by atoms with E-state index in [4.69, 9.17) is 5.73 Å². The Hall–Kier alpha value is -2.08. The van der Waals surface area contributed by atoms with Crippen LogP contribution in [0, 0.1) is 0 Å². The van der Waals surface area contributed by atoms with Crippen molar-refractivity contribution in [2.45, 2.75) is 26.3 Å². The smallest absolute Gasteiger partial charge is 0.319 e. The van der Waals surface area contributed by atoms with Crippen molar-refractivity contribution >= 4 is 28.2 Å². The molecule has 6 heteroatoms. The minimum Gasteiger partial charge on any atom is -0.375 e. The second kappa shape index (κ2) is 5.50. The summed E-state index contributed by atoms with van der Waals surface area (Å²) >= 11 is 1.41. The molecule has 0 radical (unpaired) electrons. The molecule has 0 aliphatic rings. The van der Waals surface area contributed by atoms with Gasteiger partial charge >= 0.3 is 6.03 Å². The van der Waals surface area contributed by atoms with Crippen LogP contribution >= 0.6 is 11.3 Å². The van der Waals surface area contributed by atoms with Crippen LogP contribution in [0.15, 0.2) is 29.6 Å². The molecule has 0 bridgehead atoms. The largest absolute Gasteiger partial charge is 0.375 e. The van der Waals surface area contributed by atoms with Crippen LogP contribution in [-0.4, -0.2) is 16.6 Å². The van der Waals surface area contributed by atoms with Crippen LogP contribution in [-0.2, 0) is 0 Å². The average molecular weight is 290 g/mol. The van der Waals surface area contributed by atoms with Gasteiger partial charge in [0.15, 0.2) is 5.13 Å². The van der Waals surface area contributed by atoms with Crippen LogP contribution in [0.25, 0.3) is 11.3 Å². The highest BCUT2D eigenvalue weighted by molar-refractivity contribution is 7.13. The lowest BCUT2D eigenvalue weighted by Gasteiger charge is -2.20. The van der Waals surface area contributed by atoms with E-state index in [0.717, 1.165) is 16.9 Å². The van der Waals surface area contributed by atoms with Crippen LogP contribution in [0.4, 0.5) is 15.6 Å². The third-order valence-electron chi connectivity index (χ3n) is 2.45. The maximum absolute atomic E-state index is 11.7. The average Bonchev–Trinajstić information content (AvgIpc) is 2.74. The fourth-order valence-corrected chi connectivity index (χ4v) is 2.22. The summed E-state index contributed by atoms with van der Waals surface area (Å²) in [5, 5.41) is 8.08. The van der Waals surface area contributed by atoms with Crippen molar-refractivity contribution in [3.63, 3.8) is 0 Å². The normalized spacial score (nSPS) is 11.2. The van der Waals surface area contributed by atoms with Crippen molar-refractivity contribution in [1.29, 1.82) is 0 Å². The Labute approximate surface area is 122 Å². The number of nitrogens with two attached hydrogens (primary N) is 1. The van der Waals surface area contributed by atoms with Crippen LogP contribution < -0.4 is 16.4 Å². The molecule has 1 aromatic carbocycles. The Morgan fingerprint density at radius 3 is 2.40 bits per heavy atom. The summed E-state index contributed by atoms with van der Waals surface area (Å²) in [6.45, 7) is 5.80. The molecule has 4 N–H and O–H groups in total. The quantitative estimate of drug-likeness (QED) is 0.793. The fourth-order valence-electron chi connectivity index (χ4n) is 1.65. The van der Waals surface area contributed by atoms with Gasteiger partial charge in [-0.05, 0) is 32.9 Å². The van der Waals surface area contributed by atoms with E-state index in [-0.39, 0.29) is 11.6 Å². The second-order valence-electron chi connectivity index (χ2n) is 5.48. The van der Waals surface area contributed by atoms with Crippen molar-refractivity contribution in [3.05, 3.63) is 29.6 Å². The maximum atomic E-state index is 11.7. The SMILES string of the molecule is CC(C)(C)NC(=O)Nc1ccc(-c2csc(N)n2)cc1. The lowest BCUT2D eigenvalue weighted by Crippen LogP contribution is -2.43. The van der Waals surface area contributed by atoms with Crippen molar-refractivity contribution in [3.8, 4) is 11.3 Å². The Morgan fingerprint density at radius 1 is 1.25 bits per heavy atom. The molecule has 1 heterocycles. The van der Waals surface area contributed by atoms with Gasteiger partial charge in [0.2, 0.25) is 0 Å². The molecule has 0 saturated carbocycles. The molecule has 0 spiro atoms. The molecule has 2 rings (SSSR count).